The number of carboxylic acid groups (broad SMARTS) is 1. The summed E-state index contributed by atoms with van der Waals surface area (Å²) in [5, 5.41) is 10.1. The minimum Gasteiger partial charge on any atom is -0.493 e. The Kier molecular flexibility index (Phi) is 7.37. The first kappa shape index (κ1) is 24.0. The summed E-state index contributed by atoms with van der Waals surface area (Å²) in [7, 11) is 0. The first-order chi connectivity index (χ1) is 16.4. The number of aromatic nitrogens is 1. The number of fused-ring (bicyclic) bond motifs is 1. The number of benzene rings is 2. The lowest BCUT2D eigenvalue weighted by Gasteiger charge is -2.42. The maximum Gasteiger partial charge on any atom is 0.325 e. The van der Waals surface area contributed by atoms with Gasteiger partial charge in [0.2, 0.25) is 5.89 Å². The molecule has 1 aliphatic heterocycles. The average molecular weight is 463 g/mol. The Morgan fingerprint density at radius 2 is 2.00 bits per heavy atom. The second kappa shape index (κ2) is 10.4. The molecule has 3 aromatic rings. The van der Waals surface area contributed by atoms with Gasteiger partial charge in [0.25, 0.3) is 0 Å². The van der Waals surface area contributed by atoms with Crippen LogP contribution in [0.1, 0.15) is 55.8 Å². The summed E-state index contributed by atoms with van der Waals surface area (Å²) in [6.07, 6.45) is 2.40. The SMILES string of the molecule is CC[C@H]1Cc2ccc(OCCc3nc(-c4ccccc4)oc3C)cc2C(C(=O)O)N1CC(C)C. The van der Waals surface area contributed by atoms with E-state index in [1.54, 1.807) is 0 Å². The monoisotopic (exact) mass is 462 g/mol. The minimum atomic E-state index is -0.802. The van der Waals surface area contributed by atoms with Crippen molar-refractivity contribution in [1.29, 1.82) is 0 Å². The molecule has 0 saturated heterocycles. The van der Waals surface area contributed by atoms with E-state index < -0.39 is 12.0 Å². The molecule has 2 atom stereocenters. The van der Waals surface area contributed by atoms with Crippen LogP contribution in [0.4, 0.5) is 0 Å². The fourth-order valence-corrected chi connectivity index (χ4v) is 4.82. The van der Waals surface area contributed by atoms with E-state index in [1.165, 1.54) is 0 Å². The van der Waals surface area contributed by atoms with Crippen molar-refractivity contribution in [1.82, 2.24) is 9.88 Å². The molecule has 180 valence electrons. The summed E-state index contributed by atoms with van der Waals surface area (Å²) >= 11 is 0. The second-order valence-corrected chi connectivity index (χ2v) is 9.44. The first-order valence-electron chi connectivity index (χ1n) is 12.1. The molecule has 4 rings (SSSR count). The van der Waals surface area contributed by atoms with Gasteiger partial charge in [0.05, 0.1) is 12.3 Å². The minimum absolute atomic E-state index is 0.233. The predicted molar refractivity (Wildman–Crippen MR) is 132 cm³/mol. The van der Waals surface area contributed by atoms with Crippen LogP contribution in [0, 0.1) is 12.8 Å². The molecule has 2 aromatic carbocycles. The molecule has 0 spiro atoms. The third-order valence-electron chi connectivity index (χ3n) is 6.47. The predicted octanol–water partition coefficient (Wildman–Crippen LogP) is 5.69. The summed E-state index contributed by atoms with van der Waals surface area (Å²) in [6, 6.07) is 15.3. The van der Waals surface area contributed by atoms with E-state index in [0.717, 1.165) is 47.5 Å². The maximum absolute atomic E-state index is 12.3. The Labute approximate surface area is 201 Å². The van der Waals surface area contributed by atoms with Gasteiger partial charge in [-0.3, -0.25) is 9.69 Å². The van der Waals surface area contributed by atoms with Crippen LogP contribution >= 0.6 is 0 Å². The number of aliphatic carboxylic acids is 1. The van der Waals surface area contributed by atoms with Gasteiger partial charge >= 0.3 is 5.97 Å². The van der Waals surface area contributed by atoms with Crippen LogP contribution in [0.15, 0.2) is 52.9 Å². The van der Waals surface area contributed by atoms with E-state index in [9.17, 15) is 9.90 Å². The van der Waals surface area contributed by atoms with Gasteiger partial charge in [-0.1, -0.05) is 45.0 Å². The van der Waals surface area contributed by atoms with Gasteiger partial charge in [0, 0.05) is 24.6 Å². The standard InChI is InChI=1S/C28H34N2O4/c1-5-22-15-21-11-12-23(16-24(21)26(28(31)32)30(22)17-18(2)3)33-14-13-25-19(4)34-27(29-25)20-9-7-6-8-10-20/h6-12,16,18,22,26H,5,13-15,17H2,1-4H3,(H,31,32)/t22-,26?/m0/s1. The van der Waals surface area contributed by atoms with Crippen molar-refractivity contribution in [3.63, 3.8) is 0 Å². The van der Waals surface area contributed by atoms with Gasteiger partial charge in [0.1, 0.15) is 17.6 Å². The molecule has 34 heavy (non-hydrogen) atoms. The molecule has 0 fully saturated rings. The van der Waals surface area contributed by atoms with Crippen molar-refractivity contribution in [2.24, 2.45) is 5.92 Å². The van der Waals surface area contributed by atoms with Gasteiger partial charge < -0.3 is 14.3 Å². The fraction of sp³-hybridized carbons (Fsp3) is 0.429. The zero-order valence-electron chi connectivity index (χ0n) is 20.5. The highest BCUT2D eigenvalue weighted by Gasteiger charge is 2.38. The van der Waals surface area contributed by atoms with E-state index in [0.29, 0.717) is 30.6 Å². The highest BCUT2D eigenvalue weighted by molar-refractivity contribution is 5.77. The van der Waals surface area contributed by atoms with E-state index in [-0.39, 0.29) is 6.04 Å². The smallest absolute Gasteiger partial charge is 0.325 e. The highest BCUT2D eigenvalue weighted by Crippen LogP contribution is 2.37. The summed E-state index contributed by atoms with van der Waals surface area (Å²) in [4.78, 5) is 19.1. The van der Waals surface area contributed by atoms with Crippen molar-refractivity contribution in [3.8, 4) is 17.2 Å². The average Bonchev–Trinajstić information content (AvgIpc) is 3.19. The zero-order chi connectivity index (χ0) is 24.2. The molecule has 0 aliphatic carbocycles. The highest BCUT2D eigenvalue weighted by atomic mass is 16.5. The van der Waals surface area contributed by atoms with Crippen LogP contribution in [0.25, 0.3) is 11.5 Å². The van der Waals surface area contributed by atoms with Crippen LogP contribution in [0.3, 0.4) is 0 Å². The maximum atomic E-state index is 12.3. The number of nitrogens with zero attached hydrogens (tertiary/aromatic N) is 2. The molecule has 6 nitrogen and oxygen atoms in total. The largest absolute Gasteiger partial charge is 0.493 e. The molecule has 2 heterocycles. The first-order valence-corrected chi connectivity index (χ1v) is 12.1. The number of hydrogen-bond acceptors (Lipinski definition) is 5. The molecule has 0 amide bonds. The molecule has 1 aliphatic rings. The van der Waals surface area contributed by atoms with Crippen molar-refractivity contribution < 1.29 is 19.1 Å². The van der Waals surface area contributed by atoms with Crippen LogP contribution in [0.2, 0.25) is 0 Å². The van der Waals surface area contributed by atoms with Crippen LogP contribution < -0.4 is 4.74 Å². The number of oxazole rings is 1. The summed E-state index contributed by atoms with van der Waals surface area (Å²) < 4.78 is 11.9. The van der Waals surface area contributed by atoms with Crippen molar-refractivity contribution >= 4 is 5.97 Å². The summed E-state index contributed by atoms with van der Waals surface area (Å²) in [5.74, 6) is 1.68. The Morgan fingerprint density at radius 3 is 2.68 bits per heavy atom. The van der Waals surface area contributed by atoms with E-state index >= 15 is 0 Å². The molecule has 0 radical (unpaired) electrons. The van der Waals surface area contributed by atoms with E-state index in [2.05, 4.69) is 30.7 Å². The number of hydrogen-bond donors (Lipinski definition) is 1. The van der Waals surface area contributed by atoms with Crippen molar-refractivity contribution in [2.45, 2.75) is 59.0 Å². The third kappa shape index (κ3) is 5.17. The lowest BCUT2D eigenvalue weighted by Crippen LogP contribution is -2.48. The third-order valence-corrected chi connectivity index (χ3v) is 6.47. The second-order valence-electron chi connectivity index (χ2n) is 9.44. The number of carbonyl (C=O) groups is 1. The molecular formula is C28H34N2O4. The molecule has 0 saturated carbocycles. The molecule has 1 unspecified atom stereocenters. The number of ether oxygens (including phenoxy) is 1. The normalized spacial score (nSPS) is 18.1. The zero-order valence-corrected chi connectivity index (χ0v) is 20.5. The molecular weight excluding hydrogens is 428 g/mol. The number of carboxylic acids is 1. The van der Waals surface area contributed by atoms with Crippen molar-refractivity contribution in [3.05, 3.63) is 71.1 Å². The van der Waals surface area contributed by atoms with Gasteiger partial charge in [0.15, 0.2) is 0 Å². The van der Waals surface area contributed by atoms with Crippen LogP contribution in [-0.2, 0) is 17.6 Å². The molecule has 1 aromatic heterocycles. The number of rotatable bonds is 9. The van der Waals surface area contributed by atoms with Gasteiger partial charge in [-0.2, -0.15) is 0 Å². The van der Waals surface area contributed by atoms with E-state index in [1.807, 2.05) is 55.5 Å². The number of aryl methyl sites for hydroxylation is 1. The van der Waals surface area contributed by atoms with E-state index in [4.69, 9.17) is 9.15 Å². The van der Waals surface area contributed by atoms with Crippen LogP contribution in [0.5, 0.6) is 5.75 Å². The fourth-order valence-electron chi connectivity index (χ4n) is 4.82. The molecule has 0 bridgehead atoms. The lowest BCUT2D eigenvalue weighted by molar-refractivity contribution is -0.145. The lowest BCUT2D eigenvalue weighted by atomic mass is 9.86. The van der Waals surface area contributed by atoms with Crippen LogP contribution in [-0.4, -0.2) is 40.2 Å². The quantitative estimate of drug-likeness (QED) is 0.440. The Bertz CT molecular complexity index is 1120. The molecule has 6 heteroatoms. The Morgan fingerprint density at radius 1 is 1.24 bits per heavy atom. The van der Waals surface area contributed by atoms with Gasteiger partial charge in [-0.05, 0) is 61.1 Å². The Balaban J connectivity index is 1.48. The topological polar surface area (TPSA) is 75.8 Å². The van der Waals surface area contributed by atoms with Crippen molar-refractivity contribution in [2.75, 3.05) is 13.2 Å². The van der Waals surface area contributed by atoms with Gasteiger partial charge in [-0.15, -0.1) is 0 Å². The van der Waals surface area contributed by atoms with Gasteiger partial charge in [-0.25, -0.2) is 4.98 Å². The summed E-state index contributed by atoms with van der Waals surface area (Å²) in [6.45, 7) is 9.51. The summed E-state index contributed by atoms with van der Waals surface area (Å²) in [5.41, 5.74) is 3.77. The Hall–Kier alpha value is -3.12. The molecule has 1 N–H and O–H groups in total.